The highest BCUT2D eigenvalue weighted by atomic mass is 16.5. The molecule has 5 nitrogen and oxygen atoms in total. The Balaban J connectivity index is 1.42. The van der Waals surface area contributed by atoms with Crippen LogP contribution >= 0.6 is 0 Å². The van der Waals surface area contributed by atoms with E-state index in [2.05, 4.69) is 28.9 Å². The van der Waals surface area contributed by atoms with E-state index in [-0.39, 0.29) is 5.63 Å². The SMILES string of the molecule is Cc1cc(C)c2oc(=O)cc(CN3CCC(CN4CCOCC4)CC3)c2c1. The average Bonchev–Trinajstić information content (AvgIpc) is 2.65. The third-order valence-corrected chi connectivity index (χ3v) is 5.98. The molecule has 2 aromatic rings. The number of rotatable bonds is 4. The van der Waals surface area contributed by atoms with Crippen molar-refractivity contribution in [3.63, 3.8) is 0 Å². The van der Waals surface area contributed by atoms with E-state index in [0.29, 0.717) is 0 Å². The molecule has 5 heteroatoms. The molecule has 146 valence electrons. The molecule has 0 bridgehead atoms. The van der Waals surface area contributed by atoms with Gasteiger partial charge < -0.3 is 9.15 Å². The Labute approximate surface area is 160 Å². The molecule has 2 saturated heterocycles. The standard InChI is InChI=1S/C22H30N2O3/c1-16-11-17(2)22-20(12-16)19(13-21(25)27-22)15-23-5-3-18(4-6-23)14-24-7-9-26-10-8-24/h11-13,18H,3-10,14-15H2,1-2H3. The van der Waals surface area contributed by atoms with Crippen LogP contribution in [0.5, 0.6) is 0 Å². The Bertz CT molecular complexity index is 846. The number of morpholine rings is 1. The van der Waals surface area contributed by atoms with Crippen LogP contribution in [0, 0.1) is 19.8 Å². The fraction of sp³-hybridized carbons (Fsp3) is 0.591. The van der Waals surface area contributed by atoms with Crippen molar-refractivity contribution in [3.8, 4) is 0 Å². The van der Waals surface area contributed by atoms with Gasteiger partial charge in [0.1, 0.15) is 5.58 Å². The maximum atomic E-state index is 12.1. The van der Waals surface area contributed by atoms with Gasteiger partial charge in [-0.05, 0) is 68.5 Å². The van der Waals surface area contributed by atoms with Crippen molar-refractivity contribution >= 4 is 11.0 Å². The molecule has 0 atom stereocenters. The zero-order valence-corrected chi connectivity index (χ0v) is 16.5. The van der Waals surface area contributed by atoms with Crippen molar-refractivity contribution in [2.45, 2.75) is 33.2 Å². The molecule has 1 aromatic carbocycles. The predicted octanol–water partition coefficient (Wildman–Crippen LogP) is 2.95. The molecule has 2 aliphatic rings. The number of hydrogen-bond donors (Lipinski definition) is 0. The van der Waals surface area contributed by atoms with Crippen LogP contribution in [-0.2, 0) is 11.3 Å². The number of aryl methyl sites for hydroxylation is 2. The Morgan fingerprint density at radius 2 is 1.74 bits per heavy atom. The van der Waals surface area contributed by atoms with Crippen LogP contribution in [0.2, 0.25) is 0 Å². The van der Waals surface area contributed by atoms with Crippen molar-refractivity contribution in [1.29, 1.82) is 0 Å². The second-order valence-corrected chi connectivity index (χ2v) is 8.18. The zero-order chi connectivity index (χ0) is 18.8. The number of benzene rings is 1. The first-order chi connectivity index (χ1) is 13.1. The van der Waals surface area contributed by atoms with E-state index in [1.807, 2.05) is 6.92 Å². The molecule has 0 aliphatic carbocycles. The number of fused-ring (bicyclic) bond motifs is 1. The molecule has 2 aliphatic heterocycles. The predicted molar refractivity (Wildman–Crippen MR) is 107 cm³/mol. The summed E-state index contributed by atoms with van der Waals surface area (Å²) < 4.78 is 10.9. The molecular weight excluding hydrogens is 340 g/mol. The lowest BCUT2D eigenvalue weighted by Crippen LogP contribution is -2.42. The molecule has 4 rings (SSSR count). The summed E-state index contributed by atoms with van der Waals surface area (Å²) in [5.41, 5.74) is 3.84. The normalized spacial score (nSPS) is 20.4. The second-order valence-electron chi connectivity index (χ2n) is 8.18. The minimum absolute atomic E-state index is 0.244. The summed E-state index contributed by atoms with van der Waals surface area (Å²) in [7, 11) is 0. The van der Waals surface area contributed by atoms with E-state index in [9.17, 15) is 4.79 Å². The first-order valence-corrected chi connectivity index (χ1v) is 10.1. The Morgan fingerprint density at radius 3 is 2.48 bits per heavy atom. The van der Waals surface area contributed by atoms with Crippen molar-refractivity contribution in [2.24, 2.45) is 5.92 Å². The molecule has 0 radical (unpaired) electrons. The van der Waals surface area contributed by atoms with Crippen LogP contribution in [-0.4, -0.2) is 55.7 Å². The largest absolute Gasteiger partial charge is 0.422 e. The number of nitrogens with zero attached hydrogens (tertiary/aromatic N) is 2. The maximum Gasteiger partial charge on any atom is 0.336 e. The van der Waals surface area contributed by atoms with Crippen molar-refractivity contribution in [2.75, 3.05) is 45.9 Å². The van der Waals surface area contributed by atoms with Gasteiger partial charge >= 0.3 is 5.63 Å². The first kappa shape index (κ1) is 18.7. The van der Waals surface area contributed by atoms with Crippen LogP contribution < -0.4 is 5.63 Å². The third-order valence-electron chi connectivity index (χ3n) is 5.98. The monoisotopic (exact) mass is 370 g/mol. The summed E-state index contributed by atoms with van der Waals surface area (Å²) >= 11 is 0. The van der Waals surface area contributed by atoms with Crippen LogP contribution in [0.15, 0.2) is 27.4 Å². The molecule has 2 fully saturated rings. The molecule has 1 aromatic heterocycles. The average molecular weight is 370 g/mol. The minimum atomic E-state index is -0.244. The molecule has 0 N–H and O–H groups in total. The lowest BCUT2D eigenvalue weighted by Gasteiger charge is -2.36. The molecule has 27 heavy (non-hydrogen) atoms. The topological polar surface area (TPSA) is 45.9 Å². The van der Waals surface area contributed by atoms with Crippen molar-refractivity contribution < 1.29 is 9.15 Å². The second kappa shape index (κ2) is 8.13. The van der Waals surface area contributed by atoms with Gasteiger partial charge in [-0.25, -0.2) is 4.79 Å². The lowest BCUT2D eigenvalue weighted by atomic mass is 9.95. The fourth-order valence-corrected chi connectivity index (χ4v) is 4.53. The summed E-state index contributed by atoms with van der Waals surface area (Å²) in [5.74, 6) is 0.779. The Hall–Kier alpha value is -1.69. The van der Waals surface area contributed by atoms with Gasteiger partial charge in [0, 0.05) is 37.6 Å². The van der Waals surface area contributed by atoms with E-state index in [1.165, 1.54) is 24.9 Å². The van der Waals surface area contributed by atoms with Gasteiger partial charge in [0.05, 0.1) is 13.2 Å². The van der Waals surface area contributed by atoms with Gasteiger partial charge in [-0.1, -0.05) is 6.07 Å². The number of hydrogen-bond acceptors (Lipinski definition) is 5. The van der Waals surface area contributed by atoms with Gasteiger partial charge in [0.15, 0.2) is 0 Å². The first-order valence-electron chi connectivity index (χ1n) is 10.1. The maximum absolute atomic E-state index is 12.1. The zero-order valence-electron chi connectivity index (χ0n) is 16.5. The van der Waals surface area contributed by atoms with Crippen LogP contribution in [0.25, 0.3) is 11.0 Å². The highest BCUT2D eigenvalue weighted by Gasteiger charge is 2.23. The molecular formula is C22H30N2O3. The van der Waals surface area contributed by atoms with Crippen molar-refractivity contribution in [3.05, 3.63) is 45.3 Å². The number of ether oxygens (including phenoxy) is 1. The lowest BCUT2D eigenvalue weighted by molar-refractivity contribution is 0.0242. The molecule has 0 saturated carbocycles. The Morgan fingerprint density at radius 1 is 1.00 bits per heavy atom. The molecule has 0 amide bonds. The molecule has 0 unspecified atom stereocenters. The van der Waals surface area contributed by atoms with Crippen LogP contribution in [0.3, 0.4) is 0 Å². The van der Waals surface area contributed by atoms with Crippen molar-refractivity contribution in [1.82, 2.24) is 9.80 Å². The number of piperidine rings is 1. The third kappa shape index (κ3) is 4.42. The van der Waals surface area contributed by atoms with E-state index in [0.717, 1.165) is 74.0 Å². The smallest absolute Gasteiger partial charge is 0.336 e. The van der Waals surface area contributed by atoms with Gasteiger partial charge in [0.2, 0.25) is 0 Å². The Kier molecular flexibility index (Phi) is 5.62. The van der Waals surface area contributed by atoms with Gasteiger partial charge in [-0.2, -0.15) is 0 Å². The van der Waals surface area contributed by atoms with Gasteiger partial charge in [-0.3, -0.25) is 9.80 Å². The summed E-state index contributed by atoms with van der Waals surface area (Å²) in [6, 6.07) is 5.90. The van der Waals surface area contributed by atoms with E-state index in [1.54, 1.807) is 6.07 Å². The highest BCUT2D eigenvalue weighted by molar-refractivity contribution is 5.83. The summed E-state index contributed by atoms with van der Waals surface area (Å²) in [5, 5.41) is 1.09. The van der Waals surface area contributed by atoms with Gasteiger partial charge in [-0.15, -0.1) is 0 Å². The van der Waals surface area contributed by atoms with E-state index >= 15 is 0 Å². The summed E-state index contributed by atoms with van der Waals surface area (Å²) in [6.07, 6.45) is 2.46. The summed E-state index contributed by atoms with van der Waals surface area (Å²) in [4.78, 5) is 17.1. The quantitative estimate of drug-likeness (QED) is 0.775. The van der Waals surface area contributed by atoms with E-state index < -0.39 is 0 Å². The molecule has 0 spiro atoms. The minimum Gasteiger partial charge on any atom is -0.422 e. The summed E-state index contributed by atoms with van der Waals surface area (Å²) in [6.45, 7) is 12.2. The van der Waals surface area contributed by atoms with Crippen LogP contribution in [0.4, 0.5) is 0 Å². The van der Waals surface area contributed by atoms with Gasteiger partial charge in [0.25, 0.3) is 0 Å². The highest BCUT2D eigenvalue weighted by Crippen LogP contribution is 2.26. The fourth-order valence-electron chi connectivity index (χ4n) is 4.53. The van der Waals surface area contributed by atoms with Crippen LogP contribution in [0.1, 0.15) is 29.5 Å². The number of likely N-dealkylation sites (tertiary alicyclic amines) is 1. The van der Waals surface area contributed by atoms with E-state index in [4.69, 9.17) is 9.15 Å². The molecule has 3 heterocycles.